The van der Waals surface area contributed by atoms with Crippen LogP contribution in [0.2, 0.25) is 0 Å². The molecule has 0 spiro atoms. The molecule has 0 aliphatic carbocycles. The van der Waals surface area contributed by atoms with E-state index in [0.717, 1.165) is 5.56 Å². The molecule has 0 bridgehead atoms. The fraction of sp³-hybridized carbons (Fsp3) is 0.471. The zero-order valence-corrected chi connectivity index (χ0v) is 13.8. The second-order valence-electron chi connectivity index (χ2n) is 5.80. The lowest BCUT2D eigenvalue weighted by Crippen LogP contribution is -2.45. The Morgan fingerprint density at radius 1 is 1.17 bits per heavy atom. The van der Waals surface area contributed by atoms with Crippen LogP contribution in [-0.2, 0) is 20.9 Å². The van der Waals surface area contributed by atoms with E-state index in [1.807, 2.05) is 30.3 Å². The molecule has 0 fully saturated rings. The molecule has 0 heterocycles. The van der Waals surface area contributed by atoms with Gasteiger partial charge in [0.05, 0.1) is 0 Å². The van der Waals surface area contributed by atoms with Gasteiger partial charge in [0, 0.05) is 26.4 Å². The van der Waals surface area contributed by atoms with Gasteiger partial charge in [0.25, 0.3) is 0 Å². The summed E-state index contributed by atoms with van der Waals surface area (Å²) in [6, 6.07) is 8.58. The van der Waals surface area contributed by atoms with E-state index in [9.17, 15) is 14.4 Å². The maximum absolute atomic E-state index is 11.9. The minimum Gasteiger partial charge on any atom is -0.480 e. The number of carbonyl (C=O) groups excluding carboxylic acids is 2. The van der Waals surface area contributed by atoms with E-state index in [1.54, 1.807) is 18.7 Å². The highest BCUT2D eigenvalue weighted by atomic mass is 16.4. The number of rotatable bonds is 8. The van der Waals surface area contributed by atoms with Crippen LogP contribution in [0.15, 0.2) is 30.3 Å². The Kier molecular flexibility index (Phi) is 7.25. The monoisotopic (exact) mass is 320 g/mol. The van der Waals surface area contributed by atoms with E-state index in [2.05, 4.69) is 5.32 Å². The molecule has 1 atom stereocenters. The highest BCUT2D eigenvalue weighted by Crippen LogP contribution is 2.06. The number of amides is 2. The summed E-state index contributed by atoms with van der Waals surface area (Å²) in [6.45, 7) is 5.60. The van der Waals surface area contributed by atoms with E-state index in [1.165, 1.54) is 6.92 Å². The Bertz CT molecular complexity index is 543. The molecule has 2 amide bonds. The summed E-state index contributed by atoms with van der Waals surface area (Å²) in [7, 11) is 0. The molecule has 0 radical (unpaired) electrons. The average molecular weight is 320 g/mol. The van der Waals surface area contributed by atoms with Crippen LogP contribution in [0.4, 0.5) is 0 Å². The molecular formula is C17H24N2O4. The lowest BCUT2D eigenvalue weighted by atomic mass is 10.0. The van der Waals surface area contributed by atoms with Crippen LogP contribution in [0.3, 0.4) is 0 Å². The standard InChI is InChI=1S/C17H24N2O4/c1-12(2)16(17(22)23)18-15(21)9-10-19(13(3)20)11-14-7-5-4-6-8-14/h4-8,12,16H,9-11H2,1-3H3,(H,18,21)(H,22,23). The van der Waals surface area contributed by atoms with Gasteiger partial charge in [0.1, 0.15) is 6.04 Å². The van der Waals surface area contributed by atoms with Crippen molar-refractivity contribution in [3.05, 3.63) is 35.9 Å². The molecule has 0 saturated heterocycles. The molecular weight excluding hydrogens is 296 g/mol. The second-order valence-corrected chi connectivity index (χ2v) is 5.80. The third-order valence-electron chi connectivity index (χ3n) is 3.52. The van der Waals surface area contributed by atoms with Gasteiger partial charge in [-0.05, 0) is 11.5 Å². The Morgan fingerprint density at radius 2 is 1.78 bits per heavy atom. The van der Waals surface area contributed by atoms with Gasteiger partial charge in [0.2, 0.25) is 11.8 Å². The average Bonchev–Trinajstić information content (AvgIpc) is 2.49. The third kappa shape index (κ3) is 6.50. The number of hydrogen-bond donors (Lipinski definition) is 2. The summed E-state index contributed by atoms with van der Waals surface area (Å²) in [5, 5.41) is 11.6. The van der Waals surface area contributed by atoms with Gasteiger partial charge in [-0.1, -0.05) is 44.2 Å². The van der Waals surface area contributed by atoms with Crippen LogP contribution in [-0.4, -0.2) is 40.4 Å². The largest absolute Gasteiger partial charge is 0.480 e. The van der Waals surface area contributed by atoms with Crippen molar-refractivity contribution < 1.29 is 19.5 Å². The molecule has 1 aromatic carbocycles. The lowest BCUT2D eigenvalue weighted by molar-refractivity contribution is -0.143. The van der Waals surface area contributed by atoms with Crippen molar-refractivity contribution in [3.63, 3.8) is 0 Å². The molecule has 2 N–H and O–H groups in total. The van der Waals surface area contributed by atoms with Crippen LogP contribution in [0.1, 0.15) is 32.8 Å². The number of carbonyl (C=O) groups is 3. The number of hydrogen-bond acceptors (Lipinski definition) is 3. The van der Waals surface area contributed by atoms with E-state index in [0.29, 0.717) is 6.54 Å². The van der Waals surface area contributed by atoms with Gasteiger partial charge < -0.3 is 15.3 Å². The predicted octanol–water partition coefficient (Wildman–Crippen LogP) is 1.65. The first-order chi connectivity index (χ1) is 10.8. The van der Waals surface area contributed by atoms with Gasteiger partial charge in [-0.15, -0.1) is 0 Å². The fourth-order valence-corrected chi connectivity index (χ4v) is 2.15. The van der Waals surface area contributed by atoms with Gasteiger partial charge in [0.15, 0.2) is 0 Å². The Hall–Kier alpha value is -2.37. The maximum atomic E-state index is 11.9. The van der Waals surface area contributed by atoms with Crippen LogP contribution >= 0.6 is 0 Å². The topological polar surface area (TPSA) is 86.7 Å². The molecule has 1 rings (SSSR count). The molecule has 0 aliphatic heterocycles. The van der Waals surface area contributed by atoms with Crippen molar-refractivity contribution >= 4 is 17.8 Å². The summed E-state index contributed by atoms with van der Waals surface area (Å²) in [5.41, 5.74) is 0.980. The Balaban J connectivity index is 2.56. The first kappa shape index (κ1) is 18.7. The minimum absolute atomic E-state index is 0.0723. The Morgan fingerprint density at radius 3 is 2.26 bits per heavy atom. The highest BCUT2D eigenvalue weighted by Gasteiger charge is 2.23. The van der Waals surface area contributed by atoms with Crippen molar-refractivity contribution in [1.82, 2.24) is 10.2 Å². The molecule has 1 aromatic rings. The first-order valence-electron chi connectivity index (χ1n) is 7.63. The zero-order valence-electron chi connectivity index (χ0n) is 13.8. The van der Waals surface area contributed by atoms with Crippen molar-refractivity contribution in [2.24, 2.45) is 5.92 Å². The van der Waals surface area contributed by atoms with Crippen LogP contribution < -0.4 is 5.32 Å². The number of nitrogens with zero attached hydrogens (tertiary/aromatic N) is 1. The molecule has 0 aliphatic rings. The normalized spacial score (nSPS) is 11.8. The molecule has 126 valence electrons. The number of benzene rings is 1. The summed E-state index contributed by atoms with van der Waals surface area (Å²) < 4.78 is 0. The fourth-order valence-electron chi connectivity index (χ4n) is 2.15. The predicted molar refractivity (Wildman–Crippen MR) is 86.6 cm³/mol. The highest BCUT2D eigenvalue weighted by molar-refractivity contribution is 5.84. The van der Waals surface area contributed by atoms with Crippen molar-refractivity contribution in [2.75, 3.05) is 6.54 Å². The van der Waals surface area contributed by atoms with Crippen molar-refractivity contribution in [1.29, 1.82) is 0 Å². The van der Waals surface area contributed by atoms with Crippen molar-refractivity contribution in [2.45, 2.75) is 39.8 Å². The van der Waals surface area contributed by atoms with E-state index in [4.69, 9.17) is 5.11 Å². The van der Waals surface area contributed by atoms with Crippen LogP contribution in [0.5, 0.6) is 0 Å². The minimum atomic E-state index is -1.05. The summed E-state index contributed by atoms with van der Waals surface area (Å²) in [4.78, 5) is 36.3. The lowest BCUT2D eigenvalue weighted by Gasteiger charge is -2.22. The van der Waals surface area contributed by atoms with Crippen LogP contribution in [0, 0.1) is 5.92 Å². The summed E-state index contributed by atoms with van der Waals surface area (Å²) >= 11 is 0. The van der Waals surface area contributed by atoms with Gasteiger partial charge in [-0.2, -0.15) is 0 Å². The maximum Gasteiger partial charge on any atom is 0.326 e. The van der Waals surface area contributed by atoms with Gasteiger partial charge in [-0.25, -0.2) is 4.79 Å². The second kappa shape index (κ2) is 8.92. The molecule has 6 heteroatoms. The Labute approximate surface area is 136 Å². The van der Waals surface area contributed by atoms with Gasteiger partial charge in [-0.3, -0.25) is 9.59 Å². The number of carboxylic acid groups (broad SMARTS) is 1. The third-order valence-corrected chi connectivity index (χ3v) is 3.52. The molecule has 23 heavy (non-hydrogen) atoms. The number of aliphatic carboxylic acids is 1. The van der Waals surface area contributed by atoms with E-state index in [-0.39, 0.29) is 30.7 Å². The molecule has 1 unspecified atom stereocenters. The van der Waals surface area contributed by atoms with Crippen LogP contribution in [0.25, 0.3) is 0 Å². The molecule has 0 aromatic heterocycles. The number of carboxylic acids is 1. The summed E-state index contributed by atoms with van der Waals surface area (Å²) in [6.07, 6.45) is 0.0723. The quantitative estimate of drug-likeness (QED) is 0.762. The van der Waals surface area contributed by atoms with Crippen molar-refractivity contribution in [3.8, 4) is 0 Å². The molecule has 0 saturated carbocycles. The first-order valence-corrected chi connectivity index (χ1v) is 7.63. The van der Waals surface area contributed by atoms with E-state index < -0.39 is 12.0 Å². The smallest absolute Gasteiger partial charge is 0.326 e. The van der Waals surface area contributed by atoms with Gasteiger partial charge >= 0.3 is 5.97 Å². The summed E-state index contributed by atoms with van der Waals surface area (Å²) in [5.74, 6) is -1.75. The number of nitrogens with one attached hydrogen (secondary N) is 1. The van der Waals surface area contributed by atoms with E-state index >= 15 is 0 Å². The SMILES string of the molecule is CC(=O)N(CCC(=O)NC(C(=O)O)C(C)C)Cc1ccccc1. The zero-order chi connectivity index (χ0) is 17.4. The molecule has 6 nitrogen and oxygen atoms in total.